The predicted octanol–water partition coefficient (Wildman–Crippen LogP) is 2.15. The van der Waals surface area contributed by atoms with Gasteiger partial charge in [-0.1, -0.05) is 24.3 Å². The molecule has 0 fully saturated rings. The van der Waals surface area contributed by atoms with Gasteiger partial charge in [-0.05, 0) is 56.4 Å². The van der Waals surface area contributed by atoms with Gasteiger partial charge in [0.1, 0.15) is 0 Å². The van der Waals surface area contributed by atoms with Gasteiger partial charge in [0, 0.05) is 23.1 Å². The molecule has 126 valence electrons. The maximum absolute atomic E-state index is 12.7. The zero-order valence-corrected chi connectivity index (χ0v) is 13.8. The van der Waals surface area contributed by atoms with Crippen LogP contribution in [-0.4, -0.2) is 42.9 Å². The number of hydrogen-bond acceptors (Lipinski definition) is 4. The summed E-state index contributed by atoms with van der Waals surface area (Å²) in [5, 5.41) is 5.04. The molecule has 0 atom stereocenters. The molecule has 0 bridgehead atoms. The Morgan fingerprint density at radius 3 is 2.12 bits per heavy atom. The van der Waals surface area contributed by atoms with Crippen LogP contribution in [0.4, 0.5) is 0 Å². The zero-order chi connectivity index (χ0) is 16.9. The highest BCUT2D eigenvalue weighted by molar-refractivity contribution is 6.25. The number of rotatable bonds is 8. The SMILES string of the molecule is NCCCCNCCCN1C(=O)c2cccc3cccc(c23)C1=O. The summed E-state index contributed by atoms with van der Waals surface area (Å²) < 4.78 is 0. The van der Waals surface area contributed by atoms with Crippen LogP contribution in [0.25, 0.3) is 10.8 Å². The van der Waals surface area contributed by atoms with E-state index >= 15 is 0 Å². The highest BCUT2D eigenvalue weighted by Crippen LogP contribution is 2.29. The number of amides is 2. The number of nitrogens with two attached hydrogens (primary N) is 1. The molecule has 5 nitrogen and oxygen atoms in total. The van der Waals surface area contributed by atoms with Crippen molar-refractivity contribution in [3.8, 4) is 0 Å². The van der Waals surface area contributed by atoms with Crippen molar-refractivity contribution >= 4 is 22.6 Å². The number of carbonyl (C=O) groups is 2. The first kappa shape index (κ1) is 16.6. The quantitative estimate of drug-likeness (QED) is 0.576. The molecule has 24 heavy (non-hydrogen) atoms. The van der Waals surface area contributed by atoms with Crippen molar-refractivity contribution in [3.05, 3.63) is 47.5 Å². The van der Waals surface area contributed by atoms with Crippen LogP contribution in [0.15, 0.2) is 36.4 Å². The fourth-order valence-corrected chi connectivity index (χ4v) is 3.17. The van der Waals surface area contributed by atoms with Crippen LogP contribution >= 0.6 is 0 Å². The van der Waals surface area contributed by atoms with Crippen molar-refractivity contribution < 1.29 is 9.59 Å². The second-order valence-corrected chi connectivity index (χ2v) is 6.07. The Balaban J connectivity index is 1.67. The maximum Gasteiger partial charge on any atom is 0.261 e. The lowest BCUT2D eigenvalue weighted by atomic mass is 9.94. The van der Waals surface area contributed by atoms with Crippen LogP contribution in [0.2, 0.25) is 0 Å². The lowest BCUT2D eigenvalue weighted by Gasteiger charge is -2.27. The van der Waals surface area contributed by atoms with Crippen molar-refractivity contribution in [3.63, 3.8) is 0 Å². The molecule has 1 aliphatic heterocycles. The average Bonchev–Trinajstić information content (AvgIpc) is 2.61. The molecule has 0 unspecified atom stereocenters. The fourth-order valence-electron chi connectivity index (χ4n) is 3.17. The van der Waals surface area contributed by atoms with E-state index in [1.807, 2.05) is 24.3 Å². The first-order valence-corrected chi connectivity index (χ1v) is 8.53. The summed E-state index contributed by atoms with van der Waals surface area (Å²) in [6.45, 7) is 2.85. The standard InChI is InChI=1S/C19H23N3O2/c20-10-1-2-11-21-12-5-13-22-18(23)15-8-3-6-14-7-4-9-16(17(14)15)19(22)24/h3-4,6-9,21H,1-2,5,10-13,20H2. The van der Waals surface area contributed by atoms with Gasteiger partial charge in [-0.15, -0.1) is 0 Å². The molecule has 5 heteroatoms. The molecule has 0 aromatic heterocycles. The number of carbonyl (C=O) groups excluding carboxylic acids is 2. The Bertz CT molecular complexity index is 707. The van der Waals surface area contributed by atoms with Gasteiger partial charge in [-0.25, -0.2) is 0 Å². The van der Waals surface area contributed by atoms with E-state index in [-0.39, 0.29) is 11.8 Å². The van der Waals surface area contributed by atoms with Crippen molar-refractivity contribution in [1.82, 2.24) is 10.2 Å². The molecule has 2 aromatic carbocycles. The van der Waals surface area contributed by atoms with E-state index in [0.717, 1.165) is 43.1 Å². The lowest BCUT2D eigenvalue weighted by Crippen LogP contribution is -2.41. The second kappa shape index (κ2) is 7.55. The molecule has 0 spiro atoms. The van der Waals surface area contributed by atoms with Crippen LogP contribution in [0.3, 0.4) is 0 Å². The Labute approximate surface area is 141 Å². The topological polar surface area (TPSA) is 75.4 Å². The van der Waals surface area contributed by atoms with Gasteiger partial charge >= 0.3 is 0 Å². The Kier molecular flexibility index (Phi) is 5.23. The predicted molar refractivity (Wildman–Crippen MR) is 95.1 cm³/mol. The van der Waals surface area contributed by atoms with Crippen molar-refractivity contribution in [2.24, 2.45) is 5.73 Å². The molecule has 2 amide bonds. The number of nitrogens with one attached hydrogen (secondary N) is 1. The van der Waals surface area contributed by atoms with Crippen molar-refractivity contribution in [1.29, 1.82) is 0 Å². The summed E-state index contributed by atoms with van der Waals surface area (Å²) in [7, 11) is 0. The molecule has 3 rings (SSSR count). The minimum absolute atomic E-state index is 0.188. The van der Waals surface area contributed by atoms with E-state index in [1.54, 1.807) is 12.1 Å². The van der Waals surface area contributed by atoms with Crippen LogP contribution in [0.5, 0.6) is 0 Å². The minimum atomic E-state index is -0.188. The molecule has 0 aliphatic carbocycles. The number of benzene rings is 2. The summed E-state index contributed by atoms with van der Waals surface area (Å²) in [5.74, 6) is -0.375. The fraction of sp³-hybridized carbons (Fsp3) is 0.368. The highest BCUT2D eigenvalue weighted by Gasteiger charge is 2.31. The highest BCUT2D eigenvalue weighted by atomic mass is 16.2. The van der Waals surface area contributed by atoms with E-state index in [1.165, 1.54) is 4.90 Å². The minimum Gasteiger partial charge on any atom is -0.330 e. The molecule has 3 N–H and O–H groups in total. The Morgan fingerprint density at radius 1 is 0.875 bits per heavy atom. The van der Waals surface area contributed by atoms with E-state index < -0.39 is 0 Å². The van der Waals surface area contributed by atoms with Crippen LogP contribution in [0, 0.1) is 0 Å². The van der Waals surface area contributed by atoms with Gasteiger partial charge in [-0.2, -0.15) is 0 Å². The van der Waals surface area contributed by atoms with Crippen LogP contribution < -0.4 is 11.1 Å². The smallest absolute Gasteiger partial charge is 0.261 e. The Morgan fingerprint density at radius 2 is 1.50 bits per heavy atom. The molecule has 1 aliphatic rings. The van der Waals surface area contributed by atoms with Gasteiger partial charge in [0.2, 0.25) is 0 Å². The molecular formula is C19H23N3O2. The molecule has 2 aromatic rings. The number of imide groups is 1. The zero-order valence-electron chi connectivity index (χ0n) is 13.8. The van der Waals surface area contributed by atoms with Crippen molar-refractivity contribution in [2.75, 3.05) is 26.2 Å². The average molecular weight is 325 g/mol. The molecular weight excluding hydrogens is 302 g/mol. The number of unbranched alkanes of at least 4 members (excludes halogenated alkanes) is 1. The second-order valence-electron chi connectivity index (χ2n) is 6.07. The van der Waals surface area contributed by atoms with Gasteiger partial charge in [-0.3, -0.25) is 14.5 Å². The summed E-state index contributed by atoms with van der Waals surface area (Å²) in [6.07, 6.45) is 2.81. The molecule has 0 saturated carbocycles. The molecule has 0 saturated heterocycles. The summed E-state index contributed by atoms with van der Waals surface area (Å²) in [5.41, 5.74) is 6.71. The van der Waals surface area contributed by atoms with Gasteiger partial charge < -0.3 is 11.1 Å². The Hall–Kier alpha value is -2.24. The third-order valence-corrected chi connectivity index (χ3v) is 4.40. The monoisotopic (exact) mass is 325 g/mol. The van der Waals surface area contributed by atoms with E-state index in [2.05, 4.69) is 5.32 Å². The normalized spacial score (nSPS) is 13.8. The van der Waals surface area contributed by atoms with E-state index in [9.17, 15) is 9.59 Å². The van der Waals surface area contributed by atoms with Crippen LogP contribution in [0.1, 0.15) is 40.0 Å². The first-order valence-electron chi connectivity index (χ1n) is 8.53. The van der Waals surface area contributed by atoms with Gasteiger partial charge in [0.15, 0.2) is 0 Å². The summed E-state index contributed by atoms with van der Waals surface area (Å²) in [6, 6.07) is 11.2. The molecule has 1 heterocycles. The van der Waals surface area contributed by atoms with E-state index in [4.69, 9.17) is 5.73 Å². The number of nitrogens with zero attached hydrogens (tertiary/aromatic N) is 1. The van der Waals surface area contributed by atoms with E-state index in [0.29, 0.717) is 24.2 Å². The molecule has 0 radical (unpaired) electrons. The third-order valence-electron chi connectivity index (χ3n) is 4.40. The largest absolute Gasteiger partial charge is 0.330 e. The van der Waals surface area contributed by atoms with Crippen molar-refractivity contribution in [2.45, 2.75) is 19.3 Å². The number of hydrogen-bond donors (Lipinski definition) is 2. The van der Waals surface area contributed by atoms with Gasteiger partial charge in [0.25, 0.3) is 11.8 Å². The first-order chi connectivity index (χ1) is 11.7. The maximum atomic E-state index is 12.7. The summed E-state index contributed by atoms with van der Waals surface area (Å²) in [4.78, 5) is 26.8. The third kappa shape index (κ3) is 3.18. The lowest BCUT2D eigenvalue weighted by molar-refractivity contribution is 0.0609. The van der Waals surface area contributed by atoms with Gasteiger partial charge in [0.05, 0.1) is 0 Å². The van der Waals surface area contributed by atoms with Crippen LogP contribution in [-0.2, 0) is 0 Å². The summed E-state index contributed by atoms with van der Waals surface area (Å²) >= 11 is 0.